The Morgan fingerprint density at radius 1 is 1.53 bits per heavy atom. The summed E-state index contributed by atoms with van der Waals surface area (Å²) in [7, 11) is 0. The van der Waals surface area contributed by atoms with E-state index in [-0.39, 0.29) is 5.41 Å². The first-order valence-electron chi connectivity index (χ1n) is 5.75. The van der Waals surface area contributed by atoms with E-state index in [1.54, 1.807) is 0 Å². The molecule has 0 atom stereocenters. The van der Waals surface area contributed by atoms with Crippen LogP contribution in [0.1, 0.15) is 35.2 Å². The molecule has 0 N–H and O–H groups in total. The molecule has 1 saturated carbocycles. The van der Waals surface area contributed by atoms with E-state index in [1.165, 1.54) is 0 Å². The fraction of sp³-hybridized carbons (Fsp3) is 0.429. The van der Waals surface area contributed by atoms with E-state index in [1.807, 2.05) is 25.1 Å². The van der Waals surface area contributed by atoms with Crippen LogP contribution in [0.3, 0.4) is 0 Å². The third-order valence-corrected chi connectivity index (χ3v) is 3.24. The van der Waals surface area contributed by atoms with Gasteiger partial charge in [-0.1, -0.05) is 11.6 Å². The Bertz CT molecular complexity index is 470. The van der Waals surface area contributed by atoms with Crippen LogP contribution in [0.4, 0.5) is 0 Å². The molecule has 0 unspecified atom stereocenters. The number of carbonyl (C=O) groups is 1. The Morgan fingerprint density at radius 2 is 2.29 bits per heavy atom. The number of ether oxygens (including phenoxy) is 1. The monoisotopic (exact) mass is 229 g/mol. The maximum absolute atomic E-state index is 10.9. The normalized spacial score (nSPS) is 16.0. The van der Waals surface area contributed by atoms with Gasteiger partial charge in [-0.2, -0.15) is 5.26 Å². The second kappa shape index (κ2) is 4.58. The average Bonchev–Trinajstić information content (AvgIpc) is 3.08. The number of aldehydes is 1. The highest BCUT2D eigenvalue weighted by molar-refractivity contribution is 5.79. The van der Waals surface area contributed by atoms with Crippen molar-refractivity contribution in [3.05, 3.63) is 29.3 Å². The van der Waals surface area contributed by atoms with Crippen LogP contribution >= 0.6 is 0 Å². The van der Waals surface area contributed by atoms with E-state index in [4.69, 9.17) is 10.00 Å². The number of nitrogens with zero attached hydrogens (tertiary/aromatic N) is 1. The minimum absolute atomic E-state index is 0.0415. The molecule has 0 heterocycles. The van der Waals surface area contributed by atoms with E-state index in [0.29, 0.717) is 24.3 Å². The van der Waals surface area contributed by atoms with Crippen molar-refractivity contribution in [2.75, 3.05) is 6.61 Å². The summed E-state index contributed by atoms with van der Waals surface area (Å²) in [6, 6.07) is 7.75. The van der Waals surface area contributed by atoms with E-state index in [2.05, 4.69) is 6.07 Å². The van der Waals surface area contributed by atoms with Crippen molar-refractivity contribution in [3.63, 3.8) is 0 Å². The highest BCUT2D eigenvalue weighted by Gasteiger charge is 2.43. The lowest BCUT2D eigenvalue weighted by Gasteiger charge is -2.14. The Balaban J connectivity index is 2.04. The van der Waals surface area contributed by atoms with Gasteiger partial charge in [-0.25, -0.2) is 0 Å². The maximum atomic E-state index is 10.9. The highest BCUT2D eigenvalue weighted by Crippen LogP contribution is 2.48. The fourth-order valence-corrected chi connectivity index (χ4v) is 1.84. The summed E-state index contributed by atoms with van der Waals surface area (Å²) >= 11 is 0. The van der Waals surface area contributed by atoms with Crippen LogP contribution in [0.2, 0.25) is 0 Å². The molecule has 1 aliphatic carbocycles. The van der Waals surface area contributed by atoms with Crippen LogP contribution in [-0.4, -0.2) is 12.9 Å². The molecule has 0 saturated heterocycles. The van der Waals surface area contributed by atoms with Gasteiger partial charge in [0.25, 0.3) is 0 Å². The summed E-state index contributed by atoms with van der Waals surface area (Å²) in [6.07, 6.45) is 3.44. The first-order valence-corrected chi connectivity index (χ1v) is 5.75. The number of benzene rings is 1. The van der Waals surface area contributed by atoms with Crippen molar-refractivity contribution in [1.29, 1.82) is 5.26 Å². The lowest BCUT2D eigenvalue weighted by Crippen LogP contribution is -2.13. The minimum Gasteiger partial charge on any atom is -0.492 e. The quantitative estimate of drug-likeness (QED) is 0.729. The molecule has 0 aromatic heterocycles. The lowest BCUT2D eigenvalue weighted by atomic mass is 10.1. The van der Waals surface area contributed by atoms with Crippen molar-refractivity contribution in [1.82, 2.24) is 0 Å². The second-order valence-electron chi connectivity index (χ2n) is 4.78. The zero-order valence-electron chi connectivity index (χ0n) is 9.90. The van der Waals surface area contributed by atoms with Gasteiger partial charge in [-0.3, -0.25) is 4.79 Å². The Morgan fingerprint density at radius 3 is 2.88 bits per heavy atom. The van der Waals surface area contributed by atoms with Crippen LogP contribution < -0.4 is 4.74 Å². The molecule has 3 nitrogen and oxygen atoms in total. The molecule has 17 heavy (non-hydrogen) atoms. The van der Waals surface area contributed by atoms with E-state index in [9.17, 15) is 4.79 Å². The topological polar surface area (TPSA) is 50.1 Å². The van der Waals surface area contributed by atoms with Crippen molar-refractivity contribution >= 4 is 6.29 Å². The number of aryl methyl sites for hydroxylation is 1. The highest BCUT2D eigenvalue weighted by atomic mass is 16.5. The zero-order chi connectivity index (χ0) is 12.3. The molecule has 3 heteroatoms. The average molecular weight is 229 g/mol. The first-order chi connectivity index (χ1) is 8.19. The summed E-state index contributed by atoms with van der Waals surface area (Å²) < 4.78 is 5.68. The van der Waals surface area contributed by atoms with Gasteiger partial charge in [0, 0.05) is 11.8 Å². The van der Waals surface area contributed by atoms with Crippen LogP contribution in [0, 0.1) is 23.7 Å². The molecule has 88 valence electrons. The van der Waals surface area contributed by atoms with Gasteiger partial charge in [-0.15, -0.1) is 0 Å². The number of carbonyl (C=O) groups excluding carboxylic acids is 1. The number of hydrogen-bond acceptors (Lipinski definition) is 3. The summed E-state index contributed by atoms with van der Waals surface area (Å²) in [5, 5.41) is 8.71. The van der Waals surface area contributed by atoms with Gasteiger partial charge < -0.3 is 4.74 Å². The fourth-order valence-electron chi connectivity index (χ4n) is 1.84. The van der Waals surface area contributed by atoms with Gasteiger partial charge in [0.05, 0.1) is 18.2 Å². The van der Waals surface area contributed by atoms with Crippen molar-refractivity contribution < 1.29 is 9.53 Å². The predicted molar refractivity (Wildman–Crippen MR) is 64.0 cm³/mol. The second-order valence-corrected chi connectivity index (χ2v) is 4.78. The summed E-state index contributed by atoms with van der Waals surface area (Å²) in [5.41, 5.74) is 1.66. The zero-order valence-corrected chi connectivity index (χ0v) is 9.90. The standard InChI is InChI=1S/C14H15NO2/c1-11-2-3-13(12(8-11)9-16)17-10-14(4-5-14)6-7-15/h2-3,8-9H,4-6,10H2,1H3. The Kier molecular flexibility index (Phi) is 3.14. The molecule has 1 fully saturated rings. The molecule has 1 aromatic carbocycles. The smallest absolute Gasteiger partial charge is 0.153 e. The van der Waals surface area contributed by atoms with Gasteiger partial charge >= 0.3 is 0 Å². The van der Waals surface area contributed by atoms with E-state index >= 15 is 0 Å². The molecular weight excluding hydrogens is 214 g/mol. The summed E-state index contributed by atoms with van der Waals surface area (Å²) in [6.45, 7) is 2.47. The van der Waals surface area contributed by atoms with Crippen molar-refractivity contribution in [2.45, 2.75) is 26.2 Å². The molecule has 0 radical (unpaired) electrons. The van der Waals surface area contributed by atoms with E-state index in [0.717, 1.165) is 24.7 Å². The molecule has 1 aromatic rings. The van der Waals surface area contributed by atoms with Gasteiger partial charge in [0.1, 0.15) is 5.75 Å². The Hall–Kier alpha value is -1.82. The van der Waals surface area contributed by atoms with E-state index < -0.39 is 0 Å². The van der Waals surface area contributed by atoms with Crippen molar-refractivity contribution in [3.8, 4) is 11.8 Å². The summed E-state index contributed by atoms with van der Waals surface area (Å²) in [4.78, 5) is 10.9. The molecule has 0 aliphatic heterocycles. The lowest BCUT2D eigenvalue weighted by molar-refractivity contribution is 0.111. The van der Waals surface area contributed by atoms with Gasteiger partial charge in [0.15, 0.2) is 6.29 Å². The largest absolute Gasteiger partial charge is 0.492 e. The third-order valence-electron chi connectivity index (χ3n) is 3.24. The van der Waals surface area contributed by atoms with Gasteiger partial charge in [-0.05, 0) is 31.9 Å². The number of rotatable bonds is 5. The molecule has 0 amide bonds. The molecular formula is C14H15NO2. The maximum Gasteiger partial charge on any atom is 0.153 e. The van der Waals surface area contributed by atoms with Crippen LogP contribution in [0.25, 0.3) is 0 Å². The minimum atomic E-state index is 0.0415. The molecule has 1 aliphatic rings. The molecule has 0 spiro atoms. The molecule has 2 rings (SSSR count). The predicted octanol–water partition coefficient (Wildman–Crippen LogP) is 2.88. The summed E-state index contributed by atoms with van der Waals surface area (Å²) in [5.74, 6) is 0.620. The SMILES string of the molecule is Cc1ccc(OCC2(CC#N)CC2)c(C=O)c1. The van der Waals surface area contributed by atoms with Crippen LogP contribution in [0.15, 0.2) is 18.2 Å². The number of hydrogen-bond donors (Lipinski definition) is 0. The first kappa shape index (κ1) is 11.7. The van der Waals surface area contributed by atoms with Crippen LogP contribution in [-0.2, 0) is 0 Å². The molecule has 0 bridgehead atoms. The van der Waals surface area contributed by atoms with Crippen molar-refractivity contribution in [2.24, 2.45) is 5.41 Å². The number of nitriles is 1. The third kappa shape index (κ3) is 2.65. The Labute approximate surface area is 101 Å². The van der Waals surface area contributed by atoms with Gasteiger partial charge in [0.2, 0.25) is 0 Å². The van der Waals surface area contributed by atoms with Crippen LogP contribution in [0.5, 0.6) is 5.75 Å².